The van der Waals surface area contributed by atoms with Crippen LogP contribution in [0.15, 0.2) is 55.3 Å². The molecule has 0 spiro atoms. The summed E-state index contributed by atoms with van der Waals surface area (Å²) in [5.74, 6) is 1.29. The number of phenols is 2. The van der Waals surface area contributed by atoms with Crippen LogP contribution in [0.4, 0.5) is 0 Å². The Kier molecular flexibility index (Phi) is 13.4. The zero-order valence-corrected chi connectivity index (χ0v) is 24.7. The number of rotatable bonds is 13. The first kappa shape index (κ1) is 30.2. The largest absolute Gasteiger partial charge is 0.507 e. The fourth-order valence-corrected chi connectivity index (χ4v) is 5.63. The number of aliphatic imine (C=N–C) groups is 2. The Morgan fingerprint density at radius 2 is 1.17 bits per heavy atom. The van der Waals surface area contributed by atoms with Crippen molar-refractivity contribution in [2.45, 2.75) is 12.8 Å². The van der Waals surface area contributed by atoms with Crippen LogP contribution in [0.25, 0.3) is 0 Å². The summed E-state index contributed by atoms with van der Waals surface area (Å²) < 4.78 is 1.15. The first-order valence-corrected chi connectivity index (χ1v) is 15.0. The van der Waals surface area contributed by atoms with E-state index in [4.69, 9.17) is 0 Å². The second-order valence-corrected chi connectivity index (χ2v) is 11.8. The highest BCUT2D eigenvalue weighted by Gasteiger charge is 2.13. The number of amides is 2. The number of carbonyl (C=O) groups excluding carboxylic acids is 2. The summed E-state index contributed by atoms with van der Waals surface area (Å²) >= 11 is 6.55. The van der Waals surface area contributed by atoms with Crippen molar-refractivity contribution in [3.8, 4) is 11.5 Å². The molecule has 2 amide bonds. The van der Waals surface area contributed by atoms with Crippen molar-refractivity contribution in [1.82, 2.24) is 10.6 Å². The van der Waals surface area contributed by atoms with E-state index in [1.807, 2.05) is 0 Å². The molecule has 2 aromatic rings. The van der Waals surface area contributed by atoms with Crippen molar-refractivity contribution in [1.29, 1.82) is 0 Å². The maximum atomic E-state index is 12.4. The summed E-state index contributed by atoms with van der Waals surface area (Å²) in [6.45, 7) is 0.992. The molecule has 36 heavy (non-hydrogen) atoms. The molecule has 12 heteroatoms. The molecule has 2 rings (SSSR count). The number of carbonyl (C=O) groups is 2. The maximum absolute atomic E-state index is 12.4. The number of phenolic OH excluding ortho intramolecular Hbond substituents is 2. The van der Waals surface area contributed by atoms with Crippen LogP contribution in [0.1, 0.15) is 11.1 Å². The van der Waals surface area contributed by atoms with E-state index in [0.29, 0.717) is 57.8 Å². The number of nitrogens with zero attached hydrogens (tertiary/aromatic N) is 2. The minimum absolute atomic E-state index is 0.147. The summed E-state index contributed by atoms with van der Waals surface area (Å²) in [6, 6.07) is 10.2. The van der Waals surface area contributed by atoms with Gasteiger partial charge < -0.3 is 20.8 Å². The van der Waals surface area contributed by atoms with Crippen molar-refractivity contribution < 1.29 is 19.8 Å². The lowest BCUT2D eigenvalue weighted by atomic mass is 10.1. The van der Waals surface area contributed by atoms with Gasteiger partial charge in [-0.1, -0.05) is 33.7 Å². The fraction of sp³-hybridized carbons (Fsp3) is 0.333. The first-order valence-electron chi connectivity index (χ1n) is 10.9. The van der Waals surface area contributed by atoms with Crippen molar-refractivity contribution in [2.75, 3.05) is 38.7 Å². The van der Waals surface area contributed by atoms with Crippen molar-refractivity contribution in [3.05, 3.63) is 56.5 Å². The number of benzene rings is 2. The number of halogens is 2. The van der Waals surface area contributed by atoms with E-state index in [1.54, 1.807) is 72.1 Å². The van der Waals surface area contributed by atoms with Gasteiger partial charge in [0.05, 0.1) is 8.95 Å². The molecule has 0 aromatic heterocycles. The quantitative estimate of drug-likeness (QED) is 0.146. The maximum Gasteiger partial charge on any atom is 0.265 e. The Bertz CT molecular complexity index is 1040. The standard InChI is InChI=1S/C24H28Br2N4O4S2/c1-27-19(13-15-3-5-21(31)17(25)11-15)23(33)29-7-9-35-36-10-8-30-24(34)20(28-2)14-16-4-6-22(32)18(26)12-16/h3-6,11-12,31-32H,7-10,13-14H2,1-2H3,(H,29,33)(H,30,34). The van der Waals surface area contributed by atoms with Crippen LogP contribution < -0.4 is 10.6 Å². The van der Waals surface area contributed by atoms with Gasteiger partial charge in [-0.15, -0.1) is 0 Å². The summed E-state index contributed by atoms with van der Waals surface area (Å²) in [5.41, 5.74) is 2.58. The van der Waals surface area contributed by atoms with Gasteiger partial charge in [0.1, 0.15) is 22.9 Å². The number of nitrogens with one attached hydrogen (secondary N) is 2. The first-order chi connectivity index (χ1) is 17.2. The molecule has 0 bridgehead atoms. The van der Waals surface area contributed by atoms with Gasteiger partial charge in [0, 0.05) is 51.5 Å². The second-order valence-electron chi connectivity index (χ2n) is 7.42. The third-order valence-corrected chi connectivity index (χ3v) is 8.54. The van der Waals surface area contributed by atoms with Crippen LogP contribution in [0.2, 0.25) is 0 Å². The van der Waals surface area contributed by atoms with E-state index in [1.165, 1.54) is 0 Å². The van der Waals surface area contributed by atoms with Crippen LogP contribution in [0.3, 0.4) is 0 Å². The Balaban J connectivity index is 1.62. The molecular formula is C24H28Br2N4O4S2. The van der Waals surface area contributed by atoms with E-state index >= 15 is 0 Å². The van der Waals surface area contributed by atoms with Crippen LogP contribution in [0, 0.1) is 0 Å². The van der Waals surface area contributed by atoms with Gasteiger partial charge in [0.15, 0.2) is 0 Å². The summed E-state index contributed by atoms with van der Waals surface area (Å²) in [4.78, 5) is 33.0. The number of hydrogen-bond acceptors (Lipinski definition) is 8. The molecule has 0 heterocycles. The van der Waals surface area contributed by atoms with Crippen LogP contribution in [-0.4, -0.2) is 72.1 Å². The smallest absolute Gasteiger partial charge is 0.265 e. The van der Waals surface area contributed by atoms with Gasteiger partial charge in [0.25, 0.3) is 11.8 Å². The van der Waals surface area contributed by atoms with Gasteiger partial charge >= 0.3 is 0 Å². The lowest BCUT2D eigenvalue weighted by Gasteiger charge is -2.09. The molecular weight excluding hydrogens is 632 g/mol. The highest BCUT2D eigenvalue weighted by Crippen LogP contribution is 2.25. The Morgan fingerprint density at radius 3 is 1.50 bits per heavy atom. The molecule has 4 N–H and O–H groups in total. The molecule has 0 aliphatic rings. The minimum Gasteiger partial charge on any atom is -0.507 e. The molecule has 0 saturated heterocycles. The average Bonchev–Trinajstić information content (AvgIpc) is 2.86. The molecule has 0 atom stereocenters. The molecule has 2 aromatic carbocycles. The van der Waals surface area contributed by atoms with Crippen LogP contribution in [-0.2, 0) is 22.4 Å². The second kappa shape index (κ2) is 16.0. The van der Waals surface area contributed by atoms with Crippen molar-refractivity contribution >= 4 is 76.7 Å². The van der Waals surface area contributed by atoms with E-state index in [9.17, 15) is 19.8 Å². The molecule has 0 saturated carbocycles. The van der Waals surface area contributed by atoms with Crippen molar-refractivity contribution in [2.24, 2.45) is 9.98 Å². The summed E-state index contributed by atoms with van der Waals surface area (Å²) in [7, 11) is 6.39. The summed E-state index contributed by atoms with van der Waals surface area (Å²) in [6.07, 6.45) is 0.742. The zero-order valence-electron chi connectivity index (χ0n) is 19.9. The Hall–Kier alpha value is -2.02. The highest BCUT2D eigenvalue weighted by atomic mass is 79.9. The predicted molar refractivity (Wildman–Crippen MR) is 157 cm³/mol. The Morgan fingerprint density at radius 1 is 0.778 bits per heavy atom. The monoisotopic (exact) mass is 658 g/mol. The normalized spacial score (nSPS) is 11.9. The number of aromatic hydroxyl groups is 2. The Labute approximate surface area is 235 Å². The van der Waals surface area contributed by atoms with E-state index in [0.717, 1.165) is 11.1 Å². The van der Waals surface area contributed by atoms with Gasteiger partial charge in [0.2, 0.25) is 0 Å². The van der Waals surface area contributed by atoms with Gasteiger partial charge in [-0.3, -0.25) is 19.6 Å². The lowest BCUT2D eigenvalue weighted by Crippen LogP contribution is -2.34. The van der Waals surface area contributed by atoms with Crippen molar-refractivity contribution in [3.63, 3.8) is 0 Å². The molecule has 0 radical (unpaired) electrons. The third-order valence-electron chi connectivity index (χ3n) is 4.86. The SMILES string of the molecule is CN=C(Cc1ccc(O)c(Br)c1)C(=O)NCCSSCCNC(=O)C(Cc1ccc(O)c(Br)c1)=NC. The molecule has 0 aliphatic heterocycles. The molecule has 0 unspecified atom stereocenters. The molecule has 0 aliphatic carbocycles. The topological polar surface area (TPSA) is 123 Å². The van der Waals surface area contributed by atoms with Gasteiger partial charge in [-0.25, -0.2) is 0 Å². The molecule has 194 valence electrons. The highest BCUT2D eigenvalue weighted by molar-refractivity contribution is 9.11. The van der Waals surface area contributed by atoms with E-state index < -0.39 is 0 Å². The average molecular weight is 660 g/mol. The van der Waals surface area contributed by atoms with Gasteiger partial charge in [-0.2, -0.15) is 0 Å². The number of hydrogen-bond donors (Lipinski definition) is 4. The zero-order chi connectivity index (χ0) is 26.5. The van der Waals surface area contributed by atoms with Crippen LogP contribution in [0.5, 0.6) is 11.5 Å². The summed E-state index contributed by atoms with van der Waals surface area (Å²) in [5, 5.41) is 25.0. The van der Waals surface area contributed by atoms with Gasteiger partial charge in [-0.05, 0) is 67.3 Å². The molecule has 8 nitrogen and oxygen atoms in total. The van der Waals surface area contributed by atoms with E-state index in [-0.39, 0.29) is 23.3 Å². The molecule has 0 fully saturated rings. The third kappa shape index (κ3) is 10.2. The van der Waals surface area contributed by atoms with E-state index in [2.05, 4.69) is 52.5 Å². The lowest BCUT2D eigenvalue weighted by molar-refractivity contribution is -0.115. The predicted octanol–water partition coefficient (Wildman–Crippen LogP) is 4.16. The fourth-order valence-electron chi connectivity index (χ4n) is 2.96. The van der Waals surface area contributed by atoms with Crippen LogP contribution >= 0.6 is 53.4 Å². The minimum atomic E-state index is -0.216.